The Balaban J connectivity index is -0.00000722. The number of carboxylic acids is 1. The van der Waals surface area contributed by atoms with Gasteiger partial charge in [-0.2, -0.15) is 0 Å². The van der Waals surface area contributed by atoms with E-state index in [2.05, 4.69) is 20.9 Å². The number of halogens is 1. The van der Waals surface area contributed by atoms with Crippen LogP contribution in [0.4, 0.5) is 0 Å². The van der Waals surface area contributed by atoms with Crippen molar-refractivity contribution >= 4 is 47.7 Å². The van der Waals surface area contributed by atoms with Crippen molar-refractivity contribution in [3.63, 3.8) is 0 Å². The van der Waals surface area contributed by atoms with Crippen LogP contribution < -0.4 is 96.7 Å². The molecular weight excluding hydrogens is 565 g/mol. The molecular formula is C21H37ClN9NaO8. The first-order chi connectivity index (χ1) is 18.1. The van der Waals surface area contributed by atoms with Crippen LogP contribution >= 0.6 is 0 Å². The van der Waals surface area contributed by atoms with E-state index in [1.807, 2.05) is 0 Å². The van der Waals surface area contributed by atoms with Crippen LogP contribution in [-0.4, -0.2) is 78.4 Å². The summed E-state index contributed by atoms with van der Waals surface area (Å²) in [7, 11) is 0. The maximum Gasteiger partial charge on any atom is 1.00 e. The number of hydrogen-bond donors (Lipinski definition) is 9. The number of nitrogens with one attached hydrogen (secondary N) is 4. The van der Waals surface area contributed by atoms with Gasteiger partial charge in [0.25, 0.3) is 0 Å². The quantitative estimate of drug-likeness (QED) is 0.0207. The Morgan fingerprint density at radius 1 is 0.825 bits per heavy atom. The Morgan fingerprint density at radius 2 is 1.38 bits per heavy atom. The Morgan fingerprint density at radius 3 is 1.88 bits per heavy atom. The van der Waals surface area contributed by atoms with Crippen LogP contribution in [0.15, 0.2) is 0 Å². The molecule has 4 unspecified atom stereocenters. The molecule has 0 saturated heterocycles. The molecule has 0 aliphatic heterocycles. The summed E-state index contributed by atoms with van der Waals surface area (Å²) in [6.45, 7) is 0.307. The number of nitrogens with two attached hydrogens (primary N) is 5. The van der Waals surface area contributed by atoms with Crippen LogP contribution in [0.2, 0.25) is 0 Å². The summed E-state index contributed by atoms with van der Waals surface area (Å²) >= 11 is 0. The SMILES string of the molecule is [3H]C(=O)CCC(NC(=O)C(CCC(=O)NC(CCC[NH+]=C(N)N)C(N)=O)NC(=O)C(N)CCC(=O)[O-])C(N)=O.[Cl-].[Na+]. The molecule has 5 amide bonds. The number of aliphatic carboxylic acids is 1. The molecule has 0 bridgehead atoms. The number of primary amides is 2. The topological polar surface area (TPSA) is 323 Å². The van der Waals surface area contributed by atoms with E-state index in [1.165, 1.54) is 0 Å². The van der Waals surface area contributed by atoms with Crippen LogP contribution in [-0.2, 0) is 33.6 Å². The average molecular weight is 604 g/mol. The first-order valence-electron chi connectivity index (χ1n) is 12.2. The number of aldehydes is 1. The van der Waals surface area contributed by atoms with Crippen molar-refractivity contribution in [3.05, 3.63) is 0 Å². The van der Waals surface area contributed by atoms with E-state index in [1.54, 1.807) is 0 Å². The Bertz CT molecular complexity index is 956. The zero-order valence-electron chi connectivity index (χ0n) is 23.2. The van der Waals surface area contributed by atoms with Gasteiger partial charge in [0, 0.05) is 18.8 Å². The smallest absolute Gasteiger partial charge is 1.00 e. The van der Waals surface area contributed by atoms with Gasteiger partial charge in [-0.3, -0.25) is 40.4 Å². The Kier molecular flexibility index (Phi) is 22.3. The minimum absolute atomic E-state index is 0. The molecule has 0 rings (SSSR count). The third-order valence-electron chi connectivity index (χ3n) is 5.16. The van der Waals surface area contributed by atoms with Gasteiger partial charge in [0.1, 0.15) is 25.8 Å². The van der Waals surface area contributed by atoms with Crippen molar-refractivity contribution in [2.45, 2.75) is 75.5 Å². The first-order valence-corrected chi connectivity index (χ1v) is 11.7. The molecule has 17 nitrogen and oxygen atoms in total. The number of amides is 5. The maximum atomic E-state index is 12.9. The minimum atomic E-state index is -1.45. The number of hydrogen-bond acceptors (Lipinski definition) is 9. The molecule has 0 aromatic carbocycles. The molecule has 0 heterocycles. The van der Waals surface area contributed by atoms with Crippen molar-refractivity contribution in [2.24, 2.45) is 28.7 Å². The van der Waals surface area contributed by atoms with E-state index in [9.17, 15) is 38.7 Å². The summed E-state index contributed by atoms with van der Waals surface area (Å²) < 4.78 is 6.95. The van der Waals surface area contributed by atoms with Crippen LogP contribution in [0, 0.1) is 0 Å². The first kappa shape index (κ1) is 39.2. The maximum absolute atomic E-state index is 12.9. The molecule has 14 N–H and O–H groups in total. The van der Waals surface area contributed by atoms with Crippen LogP contribution in [0.3, 0.4) is 0 Å². The number of guanidine groups is 1. The van der Waals surface area contributed by atoms with E-state index >= 15 is 0 Å². The van der Waals surface area contributed by atoms with E-state index < -0.39 is 78.8 Å². The van der Waals surface area contributed by atoms with Gasteiger partial charge in [0.15, 0.2) is 0 Å². The van der Waals surface area contributed by atoms with E-state index in [4.69, 9.17) is 30.0 Å². The number of carbonyl (C=O) groups is 7. The van der Waals surface area contributed by atoms with Gasteiger partial charge in [0.2, 0.25) is 29.5 Å². The molecule has 0 aromatic rings. The molecule has 19 heteroatoms. The van der Waals surface area contributed by atoms with Crippen molar-refractivity contribution in [2.75, 3.05) is 6.54 Å². The molecule has 0 aromatic heterocycles. The van der Waals surface area contributed by atoms with Crippen LogP contribution in [0.5, 0.6) is 0 Å². The molecule has 4 atom stereocenters. The molecule has 222 valence electrons. The predicted octanol–water partition coefficient (Wildman–Crippen LogP) is -13.8. The molecule has 0 aliphatic carbocycles. The zero-order chi connectivity index (χ0) is 30.1. The second-order valence-electron chi connectivity index (χ2n) is 8.31. The molecule has 0 saturated carbocycles. The van der Waals surface area contributed by atoms with Crippen molar-refractivity contribution in [1.29, 1.82) is 0 Å². The van der Waals surface area contributed by atoms with Crippen LogP contribution in [0.1, 0.15) is 52.7 Å². The van der Waals surface area contributed by atoms with Crippen molar-refractivity contribution in [3.8, 4) is 0 Å². The van der Waals surface area contributed by atoms with E-state index in [-0.39, 0.29) is 80.0 Å². The van der Waals surface area contributed by atoms with Gasteiger partial charge in [-0.15, -0.1) is 0 Å². The van der Waals surface area contributed by atoms with Gasteiger partial charge in [0.05, 0.1) is 12.6 Å². The third kappa shape index (κ3) is 19.1. The standard InChI is InChI=1S/C21H37N9O8.ClH.Na/c22-11(5-8-16(33)34)19(37)30-14(20(38)29-13(18(24)36)4-2-10-31)6-7-15(32)28-12(17(23)35)3-1-9-27-21(25)26;;/h10-14H,1-9,22H2,(H2,23,35)(H2,24,36)(H,28,32)(H,29,38)(H,30,37)(H,33,34)(H4,25,26,27);1H;/q;;+1/p-1/i10T;;. The van der Waals surface area contributed by atoms with Gasteiger partial charge >= 0.3 is 35.5 Å². The van der Waals surface area contributed by atoms with Gasteiger partial charge in [-0.05, 0) is 38.5 Å². The fourth-order valence-corrected chi connectivity index (χ4v) is 3.08. The molecule has 0 aliphatic rings. The van der Waals surface area contributed by atoms with Gasteiger partial charge < -0.3 is 60.3 Å². The minimum Gasteiger partial charge on any atom is -1.00 e. The fraction of sp³-hybridized carbons (Fsp3) is 0.619. The predicted molar refractivity (Wildman–Crippen MR) is 129 cm³/mol. The summed E-state index contributed by atoms with van der Waals surface area (Å²) in [5, 5.41) is 17.6. The Labute approximate surface area is 260 Å². The number of rotatable bonds is 20. The monoisotopic (exact) mass is 603 g/mol. The van der Waals surface area contributed by atoms with Gasteiger partial charge in [-0.25, -0.2) is 0 Å². The second kappa shape index (κ2) is 22.8. The molecule has 0 radical (unpaired) electrons. The summed E-state index contributed by atoms with van der Waals surface area (Å²) in [5.41, 5.74) is 26.8. The summed E-state index contributed by atoms with van der Waals surface area (Å²) in [6.07, 6.45) is -2.73. The fourth-order valence-electron chi connectivity index (χ4n) is 3.08. The number of carbonyl (C=O) groups excluding carboxylic acids is 7. The third-order valence-corrected chi connectivity index (χ3v) is 5.16. The largest absolute Gasteiger partial charge is 1.00 e. The summed E-state index contributed by atoms with van der Waals surface area (Å²) in [6, 6.07) is -5.21. The molecule has 0 fully saturated rings. The van der Waals surface area contributed by atoms with Crippen LogP contribution in [0.25, 0.3) is 0 Å². The summed E-state index contributed by atoms with van der Waals surface area (Å²) in [4.78, 5) is 85.4. The number of carboxylic acid groups (broad SMARTS) is 1. The normalized spacial score (nSPS) is 13.3. The second-order valence-corrected chi connectivity index (χ2v) is 8.31. The Hall–Kier alpha value is -2.99. The molecule has 40 heavy (non-hydrogen) atoms. The molecule has 0 spiro atoms. The van der Waals surface area contributed by atoms with Crippen molar-refractivity contribution in [1.82, 2.24) is 16.0 Å². The zero-order valence-corrected chi connectivity index (χ0v) is 25.0. The van der Waals surface area contributed by atoms with E-state index in [0.717, 1.165) is 0 Å². The van der Waals surface area contributed by atoms with Gasteiger partial charge in [-0.1, -0.05) is 0 Å². The van der Waals surface area contributed by atoms with E-state index in [0.29, 0.717) is 13.0 Å². The summed E-state index contributed by atoms with van der Waals surface area (Å²) in [5.74, 6) is -5.87. The average Bonchev–Trinajstić information content (AvgIpc) is 2.83. The van der Waals surface area contributed by atoms with Crippen molar-refractivity contribution < 1.29 is 87.0 Å².